The van der Waals surface area contributed by atoms with Crippen molar-refractivity contribution in [1.29, 1.82) is 0 Å². The van der Waals surface area contributed by atoms with Crippen molar-refractivity contribution >= 4 is 17.7 Å². The van der Waals surface area contributed by atoms with Crippen LogP contribution in [0.4, 0.5) is 0 Å². The quantitative estimate of drug-likeness (QED) is 0.885. The average Bonchev–Trinajstić information content (AvgIpc) is 2.33. The summed E-state index contributed by atoms with van der Waals surface area (Å²) in [7, 11) is 0. The van der Waals surface area contributed by atoms with Crippen LogP contribution in [0.5, 0.6) is 0 Å². The van der Waals surface area contributed by atoms with Crippen molar-refractivity contribution in [3.63, 3.8) is 0 Å². The minimum Gasteiger partial charge on any atom is -0.392 e. The van der Waals surface area contributed by atoms with Crippen molar-refractivity contribution in [2.75, 3.05) is 12.3 Å². The molecule has 2 atom stereocenters. The van der Waals surface area contributed by atoms with Gasteiger partial charge in [0.2, 0.25) is 5.91 Å². The fourth-order valence-electron chi connectivity index (χ4n) is 1.89. The van der Waals surface area contributed by atoms with Crippen LogP contribution in [-0.2, 0) is 11.3 Å². The fourth-order valence-corrected chi connectivity index (χ4v) is 2.99. The molecule has 1 N–H and O–H groups in total. The average molecular weight is 251 g/mol. The summed E-state index contributed by atoms with van der Waals surface area (Å²) < 4.78 is 0. The Bertz CT molecular complexity index is 380. The predicted octanol–water partition coefficient (Wildman–Crippen LogP) is 1.51. The van der Waals surface area contributed by atoms with Crippen LogP contribution < -0.4 is 0 Å². The molecule has 0 radical (unpaired) electrons. The maximum absolute atomic E-state index is 11.8. The van der Waals surface area contributed by atoms with Crippen molar-refractivity contribution in [3.05, 3.63) is 35.9 Å². The number of aliphatic hydroxyl groups is 1. The molecule has 0 spiro atoms. The first kappa shape index (κ1) is 12.5. The number of aliphatic hydroxyl groups excluding tert-OH is 1. The highest BCUT2D eigenvalue weighted by molar-refractivity contribution is 8.00. The van der Waals surface area contributed by atoms with E-state index < -0.39 is 0 Å². The summed E-state index contributed by atoms with van der Waals surface area (Å²) in [6.07, 6.45) is -0.369. The van der Waals surface area contributed by atoms with Gasteiger partial charge in [0.1, 0.15) is 0 Å². The van der Waals surface area contributed by atoms with Crippen LogP contribution >= 0.6 is 11.8 Å². The van der Waals surface area contributed by atoms with E-state index in [1.54, 1.807) is 18.7 Å². The Hall–Kier alpha value is -1.000. The Morgan fingerprint density at radius 2 is 2.18 bits per heavy atom. The summed E-state index contributed by atoms with van der Waals surface area (Å²) in [5, 5.41) is 9.72. The van der Waals surface area contributed by atoms with Crippen LogP contribution in [0.2, 0.25) is 0 Å². The van der Waals surface area contributed by atoms with Gasteiger partial charge in [0.25, 0.3) is 0 Å². The van der Waals surface area contributed by atoms with Crippen molar-refractivity contribution < 1.29 is 9.90 Å². The molecule has 1 saturated heterocycles. The lowest BCUT2D eigenvalue weighted by Crippen LogP contribution is -2.45. The second kappa shape index (κ2) is 5.56. The largest absolute Gasteiger partial charge is 0.392 e. The molecule has 1 aliphatic rings. The van der Waals surface area contributed by atoms with Gasteiger partial charge in [-0.05, 0) is 12.5 Å². The number of thioether (sulfide) groups is 1. The monoisotopic (exact) mass is 251 g/mol. The Labute approximate surface area is 106 Å². The van der Waals surface area contributed by atoms with E-state index in [-0.39, 0.29) is 17.3 Å². The van der Waals surface area contributed by atoms with Crippen molar-refractivity contribution in [1.82, 2.24) is 4.90 Å². The number of rotatable bonds is 3. The minimum atomic E-state index is -0.369. The van der Waals surface area contributed by atoms with Gasteiger partial charge in [0.15, 0.2) is 0 Å². The molecule has 0 unspecified atom stereocenters. The van der Waals surface area contributed by atoms with Crippen LogP contribution in [0.25, 0.3) is 0 Å². The minimum absolute atomic E-state index is 0.136. The third-order valence-corrected chi connectivity index (χ3v) is 4.31. The van der Waals surface area contributed by atoms with Gasteiger partial charge in [-0.1, -0.05) is 30.3 Å². The van der Waals surface area contributed by atoms with E-state index >= 15 is 0 Å². The molecule has 1 fully saturated rings. The van der Waals surface area contributed by atoms with Gasteiger partial charge in [-0.25, -0.2) is 0 Å². The zero-order chi connectivity index (χ0) is 12.3. The molecular formula is C13H17NO2S. The smallest absolute Gasteiger partial charge is 0.232 e. The molecule has 1 aromatic rings. The summed E-state index contributed by atoms with van der Waals surface area (Å²) >= 11 is 1.55. The summed E-state index contributed by atoms with van der Waals surface area (Å²) in [6, 6.07) is 9.96. The van der Waals surface area contributed by atoms with Crippen LogP contribution in [-0.4, -0.2) is 39.6 Å². The molecule has 3 nitrogen and oxygen atoms in total. The number of amides is 1. The van der Waals surface area contributed by atoms with Gasteiger partial charge in [-0.2, -0.15) is 0 Å². The highest BCUT2D eigenvalue weighted by Gasteiger charge is 2.28. The molecule has 1 aromatic carbocycles. The molecule has 17 heavy (non-hydrogen) atoms. The number of nitrogens with zero attached hydrogens (tertiary/aromatic N) is 1. The highest BCUT2D eigenvalue weighted by atomic mass is 32.2. The van der Waals surface area contributed by atoms with Crippen LogP contribution in [0.15, 0.2) is 30.3 Å². The van der Waals surface area contributed by atoms with Crippen molar-refractivity contribution in [2.24, 2.45) is 0 Å². The molecular weight excluding hydrogens is 234 g/mol. The predicted molar refractivity (Wildman–Crippen MR) is 69.8 cm³/mol. The Balaban J connectivity index is 2.01. The van der Waals surface area contributed by atoms with E-state index in [1.165, 1.54) is 0 Å². The molecule has 1 heterocycles. The molecule has 0 aliphatic carbocycles. The first-order valence-corrected chi connectivity index (χ1v) is 6.83. The second-order valence-corrected chi connectivity index (χ2v) is 5.58. The number of carbonyl (C=O) groups is 1. The van der Waals surface area contributed by atoms with Gasteiger partial charge in [-0.3, -0.25) is 4.79 Å². The number of hydrogen-bond donors (Lipinski definition) is 1. The SMILES string of the molecule is C[C@H](O)[C@@H]1CN(Cc2ccccc2)C(=O)CS1. The third-order valence-electron chi connectivity index (χ3n) is 2.93. The molecule has 0 bridgehead atoms. The van der Waals surface area contributed by atoms with E-state index in [9.17, 15) is 9.90 Å². The molecule has 1 aliphatic heterocycles. The second-order valence-electron chi connectivity index (χ2n) is 4.35. The topological polar surface area (TPSA) is 40.5 Å². The lowest BCUT2D eigenvalue weighted by molar-refractivity contribution is -0.129. The zero-order valence-corrected chi connectivity index (χ0v) is 10.7. The van der Waals surface area contributed by atoms with Gasteiger partial charge in [-0.15, -0.1) is 11.8 Å². The molecule has 0 saturated carbocycles. The van der Waals surface area contributed by atoms with Gasteiger partial charge in [0, 0.05) is 18.3 Å². The molecule has 2 rings (SSSR count). The summed E-state index contributed by atoms with van der Waals surface area (Å²) in [6.45, 7) is 3.06. The van der Waals surface area contributed by atoms with E-state index in [1.807, 2.05) is 35.2 Å². The maximum atomic E-state index is 11.8. The van der Waals surface area contributed by atoms with Crippen LogP contribution in [0, 0.1) is 0 Å². The van der Waals surface area contributed by atoms with Crippen molar-refractivity contribution in [3.8, 4) is 0 Å². The van der Waals surface area contributed by atoms with Crippen molar-refractivity contribution in [2.45, 2.75) is 24.8 Å². The lowest BCUT2D eigenvalue weighted by atomic mass is 10.2. The van der Waals surface area contributed by atoms with Gasteiger partial charge < -0.3 is 10.0 Å². The molecule has 92 valence electrons. The normalized spacial score (nSPS) is 22.6. The molecule has 1 amide bonds. The first-order valence-electron chi connectivity index (χ1n) is 5.78. The lowest BCUT2D eigenvalue weighted by Gasteiger charge is -2.33. The van der Waals surface area contributed by atoms with Gasteiger partial charge >= 0.3 is 0 Å². The van der Waals surface area contributed by atoms with Crippen LogP contribution in [0.3, 0.4) is 0 Å². The first-order chi connectivity index (χ1) is 8.16. The standard InChI is InChI=1S/C13H17NO2S/c1-10(15)12-8-14(13(16)9-17-12)7-11-5-3-2-4-6-11/h2-6,10,12,15H,7-9H2,1H3/t10-,12-/m0/s1. The Kier molecular flexibility index (Phi) is 4.07. The van der Waals surface area contributed by atoms with E-state index in [0.717, 1.165) is 5.56 Å². The van der Waals surface area contributed by atoms with E-state index in [2.05, 4.69) is 0 Å². The van der Waals surface area contributed by atoms with E-state index in [0.29, 0.717) is 18.8 Å². The zero-order valence-electron chi connectivity index (χ0n) is 9.87. The summed E-state index contributed by atoms with van der Waals surface area (Å²) in [4.78, 5) is 13.6. The summed E-state index contributed by atoms with van der Waals surface area (Å²) in [5.41, 5.74) is 1.14. The fraction of sp³-hybridized carbons (Fsp3) is 0.462. The number of hydrogen-bond acceptors (Lipinski definition) is 3. The van der Waals surface area contributed by atoms with Gasteiger partial charge in [0.05, 0.1) is 11.9 Å². The summed E-state index contributed by atoms with van der Waals surface area (Å²) in [5.74, 6) is 0.637. The highest BCUT2D eigenvalue weighted by Crippen LogP contribution is 2.23. The third kappa shape index (κ3) is 3.23. The Morgan fingerprint density at radius 1 is 1.47 bits per heavy atom. The number of carbonyl (C=O) groups excluding carboxylic acids is 1. The van der Waals surface area contributed by atoms with E-state index in [4.69, 9.17) is 0 Å². The molecule has 4 heteroatoms. The molecule has 0 aromatic heterocycles. The number of benzene rings is 1. The maximum Gasteiger partial charge on any atom is 0.232 e. The Morgan fingerprint density at radius 3 is 2.82 bits per heavy atom. The van der Waals surface area contributed by atoms with Crippen LogP contribution in [0.1, 0.15) is 12.5 Å².